The van der Waals surface area contributed by atoms with Crippen LogP contribution in [-0.4, -0.2) is 15.0 Å². The number of aryl methyl sites for hydroxylation is 2. The van der Waals surface area contributed by atoms with E-state index in [1.807, 2.05) is 37.3 Å². The second-order valence-corrected chi connectivity index (χ2v) is 6.45. The van der Waals surface area contributed by atoms with E-state index in [0.29, 0.717) is 11.6 Å². The maximum absolute atomic E-state index is 5.70. The first-order chi connectivity index (χ1) is 11.2. The maximum atomic E-state index is 5.70. The standard InChI is InChI=1S/C17H15N5S/c1-9-8-10(2)19-17-12(9)13-14(23-17)16(22-18)21-15(20-13)11-6-4-3-5-7-11/h3-8H,18H2,1-2H3,(H,20,21,22). The first-order valence-corrected chi connectivity index (χ1v) is 8.09. The third-order valence-corrected chi connectivity index (χ3v) is 4.86. The molecule has 3 N–H and O–H groups in total. The van der Waals surface area contributed by atoms with Crippen molar-refractivity contribution in [1.29, 1.82) is 0 Å². The number of anilines is 1. The number of thiophene rings is 1. The highest BCUT2D eigenvalue weighted by Crippen LogP contribution is 2.38. The molecular weight excluding hydrogens is 306 g/mol. The van der Waals surface area contributed by atoms with Crippen LogP contribution in [0.3, 0.4) is 0 Å². The molecule has 0 spiro atoms. The molecule has 0 aliphatic carbocycles. The van der Waals surface area contributed by atoms with Gasteiger partial charge < -0.3 is 5.43 Å². The number of nitrogens with one attached hydrogen (secondary N) is 1. The van der Waals surface area contributed by atoms with Gasteiger partial charge >= 0.3 is 0 Å². The summed E-state index contributed by atoms with van der Waals surface area (Å²) in [4.78, 5) is 15.0. The highest BCUT2D eigenvalue weighted by atomic mass is 32.1. The molecule has 0 saturated heterocycles. The van der Waals surface area contributed by atoms with Gasteiger partial charge in [0.2, 0.25) is 0 Å². The molecule has 0 unspecified atom stereocenters. The lowest BCUT2D eigenvalue weighted by atomic mass is 10.1. The number of fused-ring (bicyclic) bond motifs is 3. The van der Waals surface area contributed by atoms with Gasteiger partial charge in [0.25, 0.3) is 0 Å². The van der Waals surface area contributed by atoms with Crippen LogP contribution in [-0.2, 0) is 0 Å². The Morgan fingerprint density at radius 1 is 1.04 bits per heavy atom. The molecule has 0 saturated carbocycles. The summed E-state index contributed by atoms with van der Waals surface area (Å²) in [5, 5.41) is 1.08. The lowest BCUT2D eigenvalue weighted by Gasteiger charge is -2.05. The smallest absolute Gasteiger partial charge is 0.162 e. The number of nitrogen functional groups attached to an aromatic ring is 1. The van der Waals surface area contributed by atoms with Gasteiger partial charge in [-0.25, -0.2) is 20.8 Å². The first-order valence-electron chi connectivity index (χ1n) is 7.28. The van der Waals surface area contributed by atoms with Gasteiger partial charge in [0.15, 0.2) is 11.6 Å². The van der Waals surface area contributed by atoms with Crippen LogP contribution in [0, 0.1) is 13.8 Å². The van der Waals surface area contributed by atoms with Gasteiger partial charge in [-0.3, -0.25) is 0 Å². The van der Waals surface area contributed by atoms with Crippen LogP contribution in [0.4, 0.5) is 5.82 Å². The van der Waals surface area contributed by atoms with E-state index >= 15 is 0 Å². The third kappa shape index (κ3) is 2.23. The molecule has 0 radical (unpaired) electrons. The van der Waals surface area contributed by atoms with E-state index in [9.17, 15) is 0 Å². The fraction of sp³-hybridized carbons (Fsp3) is 0.118. The SMILES string of the molecule is Cc1cc(C)c2c(n1)sc1c(NN)nc(-c3ccccc3)nc12. The monoisotopic (exact) mass is 321 g/mol. The molecule has 23 heavy (non-hydrogen) atoms. The van der Waals surface area contributed by atoms with Gasteiger partial charge in [-0.05, 0) is 25.5 Å². The van der Waals surface area contributed by atoms with Crippen molar-refractivity contribution in [2.24, 2.45) is 5.84 Å². The molecule has 0 atom stereocenters. The maximum Gasteiger partial charge on any atom is 0.162 e. The Kier molecular flexibility index (Phi) is 3.21. The van der Waals surface area contributed by atoms with Crippen LogP contribution >= 0.6 is 11.3 Å². The van der Waals surface area contributed by atoms with Crippen LogP contribution in [0.2, 0.25) is 0 Å². The summed E-state index contributed by atoms with van der Waals surface area (Å²) in [6.45, 7) is 4.09. The van der Waals surface area contributed by atoms with Crippen molar-refractivity contribution in [2.45, 2.75) is 13.8 Å². The van der Waals surface area contributed by atoms with Gasteiger partial charge in [-0.2, -0.15) is 0 Å². The fourth-order valence-corrected chi connectivity index (χ4v) is 3.98. The minimum Gasteiger partial charge on any atom is -0.307 e. The van der Waals surface area contributed by atoms with Crippen molar-refractivity contribution in [1.82, 2.24) is 15.0 Å². The van der Waals surface area contributed by atoms with Gasteiger partial charge in [0.1, 0.15) is 4.83 Å². The Hall–Kier alpha value is -2.57. The van der Waals surface area contributed by atoms with Crippen molar-refractivity contribution in [3.63, 3.8) is 0 Å². The molecule has 1 aromatic carbocycles. The first kappa shape index (κ1) is 14.0. The lowest BCUT2D eigenvalue weighted by molar-refractivity contribution is 1.19. The molecule has 0 amide bonds. The van der Waals surface area contributed by atoms with Crippen LogP contribution < -0.4 is 11.3 Å². The number of pyridine rings is 1. The predicted molar refractivity (Wildman–Crippen MR) is 95.4 cm³/mol. The van der Waals surface area contributed by atoms with E-state index in [1.54, 1.807) is 11.3 Å². The van der Waals surface area contributed by atoms with E-state index in [1.165, 1.54) is 5.56 Å². The van der Waals surface area contributed by atoms with Crippen LogP contribution in [0.15, 0.2) is 36.4 Å². The summed E-state index contributed by atoms with van der Waals surface area (Å²) in [7, 11) is 0. The van der Waals surface area contributed by atoms with E-state index in [-0.39, 0.29) is 0 Å². The molecule has 4 aromatic rings. The molecule has 3 heterocycles. The van der Waals surface area contributed by atoms with Crippen LogP contribution in [0.1, 0.15) is 11.3 Å². The zero-order valence-electron chi connectivity index (χ0n) is 12.8. The van der Waals surface area contributed by atoms with Gasteiger partial charge in [0, 0.05) is 16.6 Å². The number of aromatic nitrogens is 3. The number of benzene rings is 1. The van der Waals surface area contributed by atoms with E-state index in [4.69, 9.17) is 10.8 Å². The molecule has 0 bridgehead atoms. The fourth-order valence-electron chi connectivity index (χ4n) is 2.79. The quantitative estimate of drug-likeness (QED) is 0.434. The topological polar surface area (TPSA) is 76.7 Å². The van der Waals surface area contributed by atoms with Gasteiger partial charge in [-0.15, -0.1) is 11.3 Å². The summed E-state index contributed by atoms with van der Waals surface area (Å²) in [5.41, 5.74) is 6.73. The van der Waals surface area contributed by atoms with Crippen molar-refractivity contribution < 1.29 is 0 Å². The van der Waals surface area contributed by atoms with Crippen LogP contribution in [0.25, 0.3) is 31.8 Å². The zero-order valence-corrected chi connectivity index (χ0v) is 13.6. The average Bonchev–Trinajstić information content (AvgIpc) is 2.93. The molecule has 3 aromatic heterocycles. The van der Waals surface area contributed by atoms with E-state index in [2.05, 4.69) is 28.4 Å². The second kappa shape index (κ2) is 5.26. The van der Waals surface area contributed by atoms with E-state index < -0.39 is 0 Å². The summed E-state index contributed by atoms with van der Waals surface area (Å²) < 4.78 is 0.934. The largest absolute Gasteiger partial charge is 0.307 e. The molecular formula is C17H15N5S. The Morgan fingerprint density at radius 2 is 1.83 bits per heavy atom. The molecule has 6 heteroatoms. The van der Waals surface area contributed by atoms with Gasteiger partial charge in [0.05, 0.1) is 10.2 Å². The predicted octanol–water partition coefficient (Wildman–Crippen LogP) is 3.81. The number of nitrogens with two attached hydrogens (primary N) is 1. The Bertz CT molecular complexity index is 1020. The number of hydrogen-bond acceptors (Lipinski definition) is 6. The zero-order chi connectivity index (χ0) is 16.0. The summed E-state index contributed by atoms with van der Waals surface area (Å²) in [6.07, 6.45) is 0. The lowest BCUT2D eigenvalue weighted by Crippen LogP contribution is -2.09. The third-order valence-electron chi connectivity index (χ3n) is 3.78. The van der Waals surface area contributed by atoms with Crippen LogP contribution in [0.5, 0.6) is 0 Å². The van der Waals surface area contributed by atoms with Crippen molar-refractivity contribution >= 4 is 37.6 Å². The molecule has 0 fully saturated rings. The van der Waals surface area contributed by atoms with E-state index in [0.717, 1.165) is 31.7 Å². The molecule has 0 aliphatic rings. The number of rotatable bonds is 2. The summed E-state index contributed by atoms with van der Waals surface area (Å²) >= 11 is 1.57. The summed E-state index contributed by atoms with van der Waals surface area (Å²) in [5.74, 6) is 6.99. The highest BCUT2D eigenvalue weighted by Gasteiger charge is 2.16. The van der Waals surface area contributed by atoms with Crippen molar-refractivity contribution in [3.05, 3.63) is 47.7 Å². The number of nitrogens with zero attached hydrogens (tertiary/aromatic N) is 3. The van der Waals surface area contributed by atoms with Crippen molar-refractivity contribution in [3.8, 4) is 11.4 Å². The molecule has 114 valence electrons. The van der Waals surface area contributed by atoms with Gasteiger partial charge in [-0.1, -0.05) is 30.3 Å². The Balaban J connectivity index is 2.11. The number of hydrogen-bond donors (Lipinski definition) is 2. The average molecular weight is 321 g/mol. The number of hydrazine groups is 1. The minimum absolute atomic E-state index is 0.633. The molecule has 5 nitrogen and oxygen atoms in total. The molecule has 0 aliphatic heterocycles. The molecule has 4 rings (SSSR count). The normalized spacial score (nSPS) is 11.3. The minimum atomic E-state index is 0.633. The van der Waals surface area contributed by atoms with Crippen molar-refractivity contribution in [2.75, 3.05) is 5.43 Å². The Labute approximate surface area is 137 Å². The highest BCUT2D eigenvalue weighted by molar-refractivity contribution is 7.26. The Morgan fingerprint density at radius 3 is 2.57 bits per heavy atom. The second-order valence-electron chi connectivity index (χ2n) is 5.45. The summed E-state index contributed by atoms with van der Waals surface area (Å²) in [6, 6.07) is 12.0.